The lowest BCUT2D eigenvalue weighted by Crippen LogP contribution is -2.06. The predicted octanol–water partition coefficient (Wildman–Crippen LogP) is 2.86. The van der Waals surface area contributed by atoms with Crippen LogP contribution in [0.15, 0.2) is 24.4 Å². The van der Waals surface area contributed by atoms with Gasteiger partial charge in [0.05, 0.1) is 5.52 Å². The third kappa shape index (κ3) is 2.14. The largest absolute Gasteiger partial charge is 0.266 e. The Bertz CT molecular complexity index is 463. The average Bonchev–Trinajstić information content (AvgIpc) is 2.57. The Kier molecular flexibility index (Phi) is 2.66. The van der Waals surface area contributed by atoms with E-state index in [-0.39, 0.29) is 6.54 Å². The standard InChI is InChI=1S/C11H12F2N2/c1-2-8-3-4-10-9(5-8)6-15(14-10)7-11(12)13/h3-6,11H,2,7H2,1H3. The van der Waals surface area contributed by atoms with Gasteiger partial charge in [-0.25, -0.2) is 8.78 Å². The van der Waals surface area contributed by atoms with Gasteiger partial charge < -0.3 is 0 Å². The highest BCUT2D eigenvalue weighted by Gasteiger charge is 2.06. The normalized spacial score (nSPS) is 11.5. The van der Waals surface area contributed by atoms with Gasteiger partial charge in [0.2, 0.25) is 0 Å². The van der Waals surface area contributed by atoms with Crippen LogP contribution in [0, 0.1) is 0 Å². The van der Waals surface area contributed by atoms with E-state index in [9.17, 15) is 8.78 Å². The molecule has 0 aliphatic heterocycles. The maximum absolute atomic E-state index is 12.1. The van der Waals surface area contributed by atoms with Gasteiger partial charge in [-0.1, -0.05) is 13.0 Å². The van der Waals surface area contributed by atoms with Crippen molar-refractivity contribution in [3.8, 4) is 0 Å². The lowest BCUT2D eigenvalue weighted by atomic mass is 10.1. The number of alkyl halides is 2. The summed E-state index contributed by atoms with van der Waals surface area (Å²) in [4.78, 5) is 0. The summed E-state index contributed by atoms with van der Waals surface area (Å²) in [6, 6.07) is 5.84. The van der Waals surface area contributed by atoms with Crippen LogP contribution in [-0.2, 0) is 13.0 Å². The zero-order valence-corrected chi connectivity index (χ0v) is 8.45. The van der Waals surface area contributed by atoms with Crippen molar-refractivity contribution >= 4 is 10.9 Å². The van der Waals surface area contributed by atoms with Gasteiger partial charge in [-0.05, 0) is 24.1 Å². The van der Waals surface area contributed by atoms with E-state index in [1.165, 1.54) is 10.2 Å². The van der Waals surface area contributed by atoms with Gasteiger partial charge in [0.15, 0.2) is 0 Å². The zero-order valence-electron chi connectivity index (χ0n) is 8.45. The first-order valence-corrected chi connectivity index (χ1v) is 4.93. The lowest BCUT2D eigenvalue weighted by Gasteiger charge is -1.96. The minimum atomic E-state index is -2.36. The second-order valence-corrected chi connectivity index (χ2v) is 3.49. The monoisotopic (exact) mass is 210 g/mol. The minimum absolute atomic E-state index is 0.337. The Labute approximate surface area is 86.5 Å². The summed E-state index contributed by atoms with van der Waals surface area (Å²) >= 11 is 0. The van der Waals surface area contributed by atoms with E-state index in [1.807, 2.05) is 18.2 Å². The van der Waals surface area contributed by atoms with E-state index in [1.54, 1.807) is 6.20 Å². The maximum atomic E-state index is 12.1. The summed E-state index contributed by atoms with van der Waals surface area (Å²) in [6.07, 6.45) is 0.251. The van der Waals surface area contributed by atoms with Gasteiger partial charge >= 0.3 is 0 Å². The Morgan fingerprint density at radius 2 is 2.20 bits per heavy atom. The molecule has 1 heterocycles. The fourth-order valence-corrected chi connectivity index (χ4v) is 1.58. The summed E-state index contributed by atoms with van der Waals surface area (Å²) in [5.41, 5.74) is 1.96. The molecule has 80 valence electrons. The number of aryl methyl sites for hydroxylation is 1. The Morgan fingerprint density at radius 1 is 1.40 bits per heavy atom. The summed E-state index contributed by atoms with van der Waals surface area (Å²) < 4.78 is 25.6. The summed E-state index contributed by atoms with van der Waals surface area (Å²) in [5.74, 6) is 0. The number of fused-ring (bicyclic) bond motifs is 1. The number of halogens is 2. The number of hydrogen-bond acceptors (Lipinski definition) is 1. The van der Waals surface area contributed by atoms with E-state index in [2.05, 4.69) is 12.0 Å². The van der Waals surface area contributed by atoms with Crippen LogP contribution in [0.4, 0.5) is 8.78 Å². The molecule has 0 aliphatic carbocycles. The van der Waals surface area contributed by atoms with E-state index in [4.69, 9.17) is 0 Å². The number of nitrogens with zero attached hydrogens (tertiary/aromatic N) is 2. The first-order valence-electron chi connectivity index (χ1n) is 4.93. The van der Waals surface area contributed by atoms with Crippen LogP contribution in [-0.4, -0.2) is 16.2 Å². The van der Waals surface area contributed by atoms with Crippen molar-refractivity contribution in [3.05, 3.63) is 30.0 Å². The van der Waals surface area contributed by atoms with Gasteiger partial charge in [-0.2, -0.15) is 5.10 Å². The van der Waals surface area contributed by atoms with Gasteiger partial charge in [0.1, 0.15) is 6.54 Å². The first-order chi connectivity index (χ1) is 7.19. The highest BCUT2D eigenvalue weighted by Crippen LogP contribution is 2.15. The molecule has 0 saturated carbocycles. The predicted molar refractivity (Wildman–Crippen MR) is 55.1 cm³/mol. The molecular formula is C11H12F2N2. The van der Waals surface area contributed by atoms with Crippen molar-refractivity contribution in [2.75, 3.05) is 0 Å². The molecule has 1 aromatic carbocycles. The van der Waals surface area contributed by atoms with Crippen LogP contribution >= 0.6 is 0 Å². The van der Waals surface area contributed by atoms with Crippen LogP contribution in [0.2, 0.25) is 0 Å². The molecule has 0 atom stereocenters. The molecule has 0 fully saturated rings. The fraction of sp³-hybridized carbons (Fsp3) is 0.364. The molecule has 0 saturated heterocycles. The zero-order chi connectivity index (χ0) is 10.8. The van der Waals surface area contributed by atoms with Gasteiger partial charge in [-0.15, -0.1) is 0 Å². The van der Waals surface area contributed by atoms with Gasteiger partial charge in [0.25, 0.3) is 6.43 Å². The molecule has 2 aromatic rings. The van der Waals surface area contributed by atoms with Crippen LogP contribution in [0.5, 0.6) is 0 Å². The van der Waals surface area contributed by atoms with Crippen LogP contribution < -0.4 is 0 Å². The van der Waals surface area contributed by atoms with Crippen LogP contribution in [0.1, 0.15) is 12.5 Å². The third-order valence-corrected chi connectivity index (χ3v) is 2.35. The highest BCUT2D eigenvalue weighted by atomic mass is 19.3. The summed E-state index contributed by atoms with van der Waals surface area (Å²) in [6.45, 7) is 1.72. The topological polar surface area (TPSA) is 17.8 Å². The van der Waals surface area contributed by atoms with Crippen LogP contribution in [0.25, 0.3) is 10.9 Å². The molecule has 1 aromatic heterocycles. The molecule has 0 aliphatic rings. The second kappa shape index (κ2) is 3.96. The van der Waals surface area contributed by atoms with Crippen molar-refractivity contribution in [1.82, 2.24) is 9.78 Å². The highest BCUT2D eigenvalue weighted by molar-refractivity contribution is 5.78. The fourth-order valence-electron chi connectivity index (χ4n) is 1.58. The second-order valence-electron chi connectivity index (χ2n) is 3.49. The number of aromatic nitrogens is 2. The molecular weight excluding hydrogens is 198 g/mol. The van der Waals surface area contributed by atoms with Crippen molar-refractivity contribution in [2.45, 2.75) is 26.3 Å². The van der Waals surface area contributed by atoms with Crippen molar-refractivity contribution in [2.24, 2.45) is 0 Å². The minimum Gasteiger partial charge on any atom is -0.266 e. The molecule has 0 N–H and O–H groups in total. The smallest absolute Gasteiger partial charge is 0.257 e. The SMILES string of the molecule is CCc1ccc2nn(CC(F)F)cc2c1. The molecule has 15 heavy (non-hydrogen) atoms. The quantitative estimate of drug-likeness (QED) is 0.761. The van der Waals surface area contributed by atoms with E-state index in [0.717, 1.165) is 17.3 Å². The van der Waals surface area contributed by atoms with E-state index in [0.29, 0.717) is 0 Å². The van der Waals surface area contributed by atoms with Gasteiger partial charge in [0, 0.05) is 11.6 Å². The Hall–Kier alpha value is -1.45. The Morgan fingerprint density at radius 3 is 2.87 bits per heavy atom. The Balaban J connectivity index is 2.37. The number of rotatable bonds is 3. The maximum Gasteiger partial charge on any atom is 0.257 e. The molecule has 0 amide bonds. The van der Waals surface area contributed by atoms with Gasteiger partial charge in [-0.3, -0.25) is 4.68 Å². The van der Waals surface area contributed by atoms with Crippen molar-refractivity contribution in [3.63, 3.8) is 0 Å². The summed E-state index contributed by atoms with van der Waals surface area (Å²) in [7, 11) is 0. The molecule has 0 bridgehead atoms. The first kappa shape index (κ1) is 10.1. The molecule has 2 rings (SSSR count). The lowest BCUT2D eigenvalue weighted by molar-refractivity contribution is 0.122. The third-order valence-electron chi connectivity index (χ3n) is 2.35. The number of benzene rings is 1. The summed E-state index contributed by atoms with van der Waals surface area (Å²) in [5, 5.41) is 4.99. The average molecular weight is 210 g/mol. The molecule has 4 heteroatoms. The molecule has 2 nitrogen and oxygen atoms in total. The van der Waals surface area contributed by atoms with E-state index < -0.39 is 6.43 Å². The molecule has 0 unspecified atom stereocenters. The van der Waals surface area contributed by atoms with Crippen LogP contribution in [0.3, 0.4) is 0 Å². The number of hydrogen-bond donors (Lipinski definition) is 0. The van der Waals surface area contributed by atoms with E-state index >= 15 is 0 Å². The molecule has 0 radical (unpaired) electrons. The van der Waals surface area contributed by atoms with Crippen molar-refractivity contribution < 1.29 is 8.78 Å². The molecule has 0 spiro atoms. The van der Waals surface area contributed by atoms with Crippen molar-refractivity contribution in [1.29, 1.82) is 0 Å².